The van der Waals surface area contributed by atoms with Crippen molar-refractivity contribution in [2.24, 2.45) is 0 Å². The van der Waals surface area contributed by atoms with Crippen LogP contribution in [-0.2, 0) is 20.4 Å². The Hall–Kier alpha value is -1.44. The lowest BCUT2D eigenvalue weighted by atomic mass is 9.72. The van der Waals surface area contributed by atoms with E-state index in [1.54, 1.807) is 0 Å². The van der Waals surface area contributed by atoms with Crippen LogP contribution in [0.5, 0.6) is 0 Å². The van der Waals surface area contributed by atoms with Gasteiger partial charge in [0.25, 0.3) is 0 Å². The van der Waals surface area contributed by atoms with E-state index < -0.39 is 10.0 Å². The molecule has 6 nitrogen and oxygen atoms in total. The van der Waals surface area contributed by atoms with E-state index in [2.05, 4.69) is 27.1 Å². The zero-order valence-corrected chi connectivity index (χ0v) is 15.5. The molecule has 1 saturated heterocycles. The number of nitrogens with zero attached hydrogens (tertiary/aromatic N) is 1. The second kappa shape index (κ2) is 7.43. The third kappa shape index (κ3) is 4.80. The lowest BCUT2D eigenvalue weighted by Gasteiger charge is -2.43. The van der Waals surface area contributed by atoms with Gasteiger partial charge in [-0.3, -0.25) is 9.69 Å². The van der Waals surface area contributed by atoms with Crippen LogP contribution >= 0.6 is 0 Å². The Morgan fingerprint density at radius 1 is 1.20 bits per heavy atom. The summed E-state index contributed by atoms with van der Waals surface area (Å²) in [4.78, 5) is 14.6. The molecule has 1 aliphatic carbocycles. The summed E-state index contributed by atoms with van der Waals surface area (Å²) in [6, 6.07) is 10.2. The molecule has 25 heavy (non-hydrogen) atoms. The lowest BCUT2D eigenvalue weighted by Crippen LogP contribution is -2.54. The molecule has 0 radical (unpaired) electrons. The number of likely N-dealkylation sites (tertiary alicyclic amines) is 1. The Kier molecular flexibility index (Phi) is 5.46. The summed E-state index contributed by atoms with van der Waals surface area (Å²) in [5.41, 5.74) is 0.986. The van der Waals surface area contributed by atoms with E-state index >= 15 is 0 Å². The Morgan fingerprint density at radius 2 is 1.84 bits per heavy atom. The maximum atomic E-state index is 12.5. The van der Waals surface area contributed by atoms with Gasteiger partial charge < -0.3 is 5.32 Å². The molecule has 1 heterocycles. The van der Waals surface area contributed by atoms with Gasteiger partial charge in [-0.2, -0.15) is 0 Å². The Balaban J connectivity index is 1.50. The van der Waals surface area contributed by atoms with Crippen molar-refractivity contribution in [3.63, 3.8) is 0 Å². The molecule has 1 amide bonds. The van der Waals surface area contributed by atoms with Crippen LogP contribution in [0.1, 0.15) is 37.7 Å². The molecule has 3 rings (SSSR count). The molecule has 1 aromatic rings. The predicted molar refractivity (Wildman–Crippen MR) is 97.6 cm³/mol. The molecule has 0 spiro atoms. The van der Waals surface area contributed by atoms with Gasteiger partial charge in [0.2, 0.25) is 15.9 Å². The lowest BCUT2D eigenvalue weighted by molar-refractivity contribution is -0.125. The van der Waals surface area contributed by atoms with Gasteiger partial charge >= 0.3 is 0 Å². The fraction of sp³-hybridized carbons (Fsp3) is 0.611. The molecular weight excluding hydrogens is 338 g/mol. The molecule has 1 aliphatic heterocycles. The molecule has 0 bridgehead atoms. The van der Waals surface area contributed by atoms with E-state index in [0.717, 1.165) is 45.2 Å². The number of rotatable bonds is 6. The molecule has 138 valence electrons. The van der Waals surface area contributed by atoms with Crippen LogP contribution in [0.25, 0.3) is 0 Å². The summed E-state index contributed by atoms with van der Waals surface area (Å²) in [5, 5.41) is 3.25. The summed E-state index contributed by atoms with van der Waals surface area (Å²) < 4.78 is 25.3. The summed E-state index contributed by atoms with van der Waals surface area (Å²) >= 11 is 0. The fourth-order valence-corrected chi connectivity index (χ4v) is 4.64. The first-order valence-corrected chi connectivity index (χ1v) is 10.8. The van der Waals surface area contributed by atoms with Gasteiger partial charge in [-0.1, -0.05) is 30.3 Å². The molecular formula is C18H27N3O3S. The number of benzene rings is 1. The topological polar surface area (TPSA) is 78.5 Å². The van der Waals surface area contributed by atoms with Crippen LogP contribution < -0.4 is 10.0 Å². The van der Waals surface area contributed by atoms with Gasteiger partial charge in [0, 0.05) is 19.1 Å². The summed E-state index contributed by atoms with van der Waals surface area (Å²) in [6.07, 6.45) is 5.78. The predicted octanol–water partition coefficient (Wildman–Crippen LogP) is 1.20. The van der Waals surface area contributed by atoms with Crippen molar-refractivity contribution in [1.82, 2.24) is 14.9 Å². The smallest absolute Gasteiger partial charge is 0.234 e. The van der Waals surface area contributed by atoms with Crippen molar-refractivity contribution in [3.05, 3.63) is 35.9 Å². The molecule has 0 unspecified atom stereocenters. The highest BCUT2D eigenvalue weighted by Crippen LogP contribution is 2.41. The molecule has 1 saturated carbocycles. The average Bonchev–Trinajstić information content (AvgIpc) is 2.52. The number of carbonyl (C=O) groups excluding carboxylic acids is 1. The van der Waals surface area contributed by atoms with E-state index in [1.165, 1.54) is 11.8 Å². The quantitative estimate of drug-likeness (QED) is 0.794. The number of sulfonamides is 1. The molecule has 2 N–H and O–H groups in total. The minimum absolute atomic E-state index is 0.0170. The normalized spacial score (nSPS) is 21.5. The van der Waals surface area contributed by atoms with Crippen molar-refractivity contribution in [3.8, 4) is 0 Å². The largest absolute Gasteiger partial charge is 0.345 e. The van der Waals surface area contributed by atoms with Crippen molar-refractivity contribution in [1.29, 1.82) is 0 Å². The first-order valence-electron chi connectivity index (χ1n) is 8.93. The maximum absolute atomic E-state index is 12.5. The first-order chi connectivity index (χ1) is 11.9. The van der Waals surface area contributed by atoms with Crippen LogP contribution in [0, 0.1) is 0 Å². The Morgan fingerprint density at radius 3 is 2.36 bits per heavy atom. The van der Waals surface area contributed by atoms with Gasteiger partial charge in [0.05, 0.1) is 18.3 Å². The first kappa shape index (κ1) is 18.4. The third-order valence-electron chi connectivity index (χ3n) is 5.25. The van der Waals surface area contributed by atoms with Crippen LogP contribution in [0.4, 0.5) is 0 Å². The minimum atomic E-state index is -3.16. The van der Waals surface area contributed by atoms with Crippen molar-refractivity contribution in [2.45, 2.75) is 43.7 Å². The van der Waals surface area contributed by atoms with Crippen LogP contribution in [0.2, 0.25) is 0 Å². The number of nitrogens with one attached hydrogen (secondary N) is 2. The minimum Gasteiger partial charge on any atom is -0.345 e. The van der Waals surface area contributed by atoms with E-state index in [1.807, 2.05) is 18.2 Å². The van der Waals surface area contributed by atoms with E-state index in [4.69, 9.17) is 0 Å². The summed E-state index contributed by atoms with van der Waals surface area (Å²) in [7, 11) is -3.16. The summed E-state index contributed by atoms with van der Waals surface area (Å²) in [5.74, 6) is 0.0538. The van der Waals surface area contributed by atoms with Crippen molar-refractivity contribution >= 4 is 15.9 Å². The highest BCUT2D eigenvalue weighted by Gasteiger charge is 2.40. The Labute approximate surface area is 150 Å². The van der Waals surface area contributed by atoms with Gasteiger partial charge in [0.15, 0.2) is 0 Å². The average molecular weight is 365 g/mol. The zero-order valence-electron chi connectivity index (χ0n) is 14.7. The van der Waals surface area contributed by atoms with Crippen LogP contribution in [0.15, 0.2) is 30.3 Å². The molecule has 0 atom stereocenters. The highest BCUT2D eigenvalue weighted by atomic mass is 32.2. The van der Waals surface area contributed by atoms with Gasteiger partial charge in [-0.05, 0) is 37.7 Å². The molecule has 0 aromatic heterocycles. The third-order valence-corrected chi connectivity index (χ3v) is 6.01. The molecule has 1 aromatic carbocycles. The maximum Gasteiger partial charge on any atom is 0.234 e. The number of carbonyl (C=O) groups is 1. The van der Waals surface area contributed by atoms with Crippen molar-refractivity contribution < 1.29 is 13.2 Å². The standard InChI is InChI=1S/C18H27N3O3S/c1-25(23,24)20-16-8-12-21(13-9-16)14-17(22)19-18(10-5-11-18)15-6-3-2-4-7-15/h2-4,6-7,16,20H,5,8-14H2,1H3,(H,19,22). The summed E-state index contributed by atoms with van der Waals surface area (Å²) in [6.45, 7) is 1.85. The second-order valence-corrected chi connectivity index (χ2v) is 9.07. The SMILES string of the molecule is CS(=O)(=O)NC1CCN(CC(=O)NC2(c3ccccc3)CCC2)CC1. The zero-order chi connectivity index (χ0) is 17.9. The molecule has 2 aliphatic rings. The molecule has 7 heteroatoms. The Bertz CT molecular complexity index is 694. The monoisotopic (exact) mass is 365 g/mol. The van der Waals surface area contributed by atoms with E-state index in [-0.39, 0.29) is 17.5 Å². The van der Waals surface area contributed by atoms with Crippen LogP contribution in [-0.4, -0.2) is 51.2 Å². The number of amides is 1. The highest BCUT2D eigenvalue weighted by molar-refractivity contribution is 7.88. The van der Waals surface area contributed by atoms with Crippen molar-refractivity contribution in [2.75, 3.05) is 25.9 Å². The van der Waals surface area contributed by atoms with Gasteiger partial charge in [-0.25, -0.2) is 13.1 Å². The molecule has 2 fully saturated rings. The van der Waals surface area contributed by atoms with Crippen LogP contribution in [0.3, 0.4) is 0 Å². The van der Waals surface area contributed by atoms with E-state index in [0.29, 0.717) is 6.54 Å². The van der Waals surface area contributed by atoms with Gasteiger partial charge in [-0.15, -0.1) is 0 Å². The number of piperidine rings is 1. The fourth-order valence-electron chi connectivity index (χ4n) is 3.79. The second-order valence-electron chi connectivity index (χ2n) is 7.29. The van der Waals surface area contributed by atoms with Gasteiger partial charge in [0.1, 0.15) is 0 Å². The number of hydrogen-bond donors (Lipinski definition) is 2. The van der Waals surface area contributed by atoms with E-state index in [9.17, 15) is 13.2 Å². The number of hydrogen-bond acceptors (Lipinski definition) is 4.